The summed E-state index contributed by atoms with van der Waals surface area (Å²) >= 11 is 0. The van der Waals surface area contributed by atoms with Gasteiger partial charge in [-0.2, -0.15) is 0 Å². The van der Waals surface area contributed by atoms with Gasteiger partial charge in [0, 0.05) is 23.4 Å². The third kappa shape index (κ3) is 2.05. The number of carbonyl (C=O) groups excluding carboxylic acids is 2. The molecule has 0 unspecified atom stereocenters. The van der Waals surface area contributed by atoms with Crippen molar-refractivity contribution in [2.75, 3.05) is 13.1 Å². The fraction of sp³-hybridized carbons (Fsp3) is 0.143. The highest BCUT2D eigenvalue weighted by Gasteiger charge is 2.31. The molecule has 0 radical (unpaired) electrons. The van der Waals surface area contributed by atoms with E-state index in [4.69, 9.17) is 0 Å². The van der Waals surface area contributed by atoms with Gasteiger partial charge in [-0.15, -0.1) is 6.58 Å². The maximum Gasteiger partial charge on any atom is 0.259 e. The van der Waals surface area contributed by atoms with Gasteiger partial charge in [-0.3, -0.25) is 14.5 Å². The van der Waals surface area contributed by atoms with Crippen LogP contribution in [0.15, 0.2) is 43.5 Å². The molecule has 1 aromatic rings. The highest BCUT2D eigenvalue weighted by Crippen LogP contribution is 2.30. The Bertz CT molecular complexity index is 499. The van der Waals surface area contributed by atoms with Gasteiger partial charge in [-0.05, 0) is 6.07 Å². The molecule has 4 nitrogen and oxygen atoms in total. The summed E-state index contributed by atoms with van der Waals surface area (Å²) in [5.41, 5.74) is 1.96. The Kier molecular flexibility index (Phi) is 3.28. The first-order valence-corrected chi connectivity index (χ1v) is 5.63. The van der Waals surface area contributed by atoms with E-state index in [0.29, 0.717) is 17.8 Å². The lowest BCUT2D eigenvalue weighted by molar-refractivity contribution is -0.121. The van der Waals surface area contributed by atoms with E-state index < -0.39 is 0 Å². The number of nitrogens with one attached hydrogen (secondary N) is 1. The second-order valence-electron chi connectivity index (χ2n) is 3.98. The topological polar surface area (TPSA) is 49.4 Å². The number of rotatable bonds is 4. The van der Waals surface area contributed by atoms with E-state index in [1.807, 2.05) is 12.1 Å². The smallest absolute Gasteiger partial charge is 0.259 e. The minimum absolute atomic E-state index is 0.0137. The van der Waals surface area contributed by atoms with Crippen LogP contribution in [-0.2, 0) is 4.79 Å². The van der Waals surface area contributed by atoms with Gasteiger partial charge in [0.15, 0.2) is 0 Å². The fourth-order valence-corrected chi connectivity index (χ4v) is 1.89. The third-order valence-corrected chi connectivity index (χ3v) is 2.78. The lowest BCUT2D eigenvalue weighted by Crippen LogP contribution is -2.36. The van der Waals surface area contributed by atoms with Crippen LogP contribution in [0, 0.1) is 0 Å². The molecular formula is C14H14N2O2. The van der Waals surface area contributed by atoms with E-state index in [2.05, 4.69) is 18.5 Å². The van der Waals surface area contributed by atoms with Crippen LogP contribution in [0.2, 0.25) is 0 Å². The molecular weight excluding hydrogens is 228 g/mol. The third-order valence-electron chi connectivity index (χ3n) is 2.78. The van der Waals surface area contributed by atoms with Gasteiger partial charge in [-0.25, -0.2) is 0 Å². The molecule has 0 aromatic heterocycles. The average Bonchev–Trinajstić information content (AvgIpc) is 2.62. The molecule has 2 amide bonds. The summed E-state index contributed by atoms with van der Waals surface area (Å²) in [4.78, 5) is 25.1. The summed E-state index contributed by atoms with van der Waals surface area (Å²) in [6.07, 6.45) is 1.59. The normalized spacial score (nSPS) is 13.4. The van der Waals surface area contributed by atoms with Crippen LogP contribution in [0.3, 0.4) is 0 Å². The molecule has 1 aliphatic rings. The summed E-state index contributed by atoms with van der Waals surface area (Å²) < 4.78 is 0. The Morgan fingerprint density at radius 2 is 2.00 bits per heavy atom. The van der Waals surface area contributed by atoms with Crippen LogP contribution in [-0.4, -0.2) is 29.8 Å². The van der Waals surface area contributed by atoms with Gasteiger partial charge >= 0.3 is 0 Å². The molecule has 18 heavy (non-hydrogen) atoms. The number of carbonyl (C=O) groups is 2. The molecule has 1 N–H and O–H groups in total. The molecule has 4 heteroatoms. The molecule has 1 aromatic carbocycles. The van der Waals surface area contributed by atoms with E-state index in [9.17, 15) is 9.59 Å². The second kappa shape index (κ2) is 4.87. The maximum atomic E-state index is 12.1. The number of nitrogens with zero attached hydrogens (tertiary/aromatic N) is 1. The van der Waals surface area contributed by atoms with Crippen molar-refractivity contribution >= 4 is 17.5 Å². The number of fused-ring (bicyclic) bond motifs is 1. The van der Waals surface area contributed by atoms with Gasteiger partial charge < -0.3 is 5.32 Å². The predicted molar refractivity (Wildman–Crippen MR) is 69.7 cm³/mol. The number of benzene rings is 1. The van der Waals surface area contributed by atoms with Crippen LogP contribution in [0.25, 0.3) is 5.70 Å². The van der Waals surface area contributed by atoms with Crippen molar-refractivity contribution < 1.29 is 9.59 Å². The van der Waals surface area contributed by atoms with Gasteiger partial charge in [0.25, 0.3) is 5.91 Å². The molecule has 0 atom stereocenters. The standard InChI is InChI=1S/C14H14N2O2/c1-3-8-15-13(17)9-16-10(2)11-6-4-5-7-12(11)14(16)18/h3-7H,1-2,8-9H2,(H,15,17). The Morgan fingerprint density at radius 1 is 1.33 bits per heavy atom. The van der Waals surface area contributed by atoms with E-state index in [-0.39, 0.29) is 18.4 Å². The molecule has 0 bridgehead atoms. The van der Waals surface area contributed by atoms with Crippen molar-refractivity contribution in [2.45, 2.75) is 0 Å². The molecule has 0 spiro atoms. The molecule has 92 valence electrons. The minimum atomic E-state index is -0.225. The fourth-order valence-electron chi connectivity index (χ4n) is 1.89. The number of hydrogen-bond acceptors (Lipinski definition) is 2. The van der Waals surface area contributed by atoms with Crippen LogP contribution >= 0.6 is 0 Å². The van der Waals surface area contributed by atoms with Crippen molar-refractivity contribution in [2.24, 2.45) is 0 Å². The molecule has 2 rings (SSSR count). The zero-order chi connectivity index (χ0) is 13.1. The first-order chi connectivity index (χ1) is 8.65. The van der Waals surface area contributed by atoms with Gasteiger partial charge in [-0.1, -0.05) is 30.9 Å². The average molecular weight is 242 g/mol. The van der Waals surface area contributed by atoms with Crippen LogP contribution in [0.4, 0.5) is 0 Å². The molecule has 1 aliphatic heterocycles. The molecule has 0 aliphatic carbocycles. The lowest BCUT2D eigenvalue weighted by Gasteiger charge is -2.16. The van der Waals surface area contributed by atoms with Gasteiger partial charge in [0.05, 0.1) is 0 Å². The van der Waals surface area contributed by atoms with Crippen LogP contribution in [0.1, 0.15) is 15.9 Å². The largest absolute Gasteiger partial charge is 0.351 e. The summed E-state index contributed by atoms with van der Waals surface area (Å²) in [5, 5.41) is 2.64. The second-order valence-corrected chi connectivity index (χ2v) is 3.98. The summed E-state index contributed by atoms with van der Waals surface area (Å²) in [5.74, 6) is -0.401. The van der Waals surface area contributed by atoms with Crippen LogP contribution < -0.4 is 5.32 Å². The first kappa shape index (κ1) is 12.1. The van der Waals surface area contributed by atoms with Crippen LogP contribution in [0.5, 0.6) is 0 Å². The van der Waals surface area contributed by atoms with Gasteiger partial charge in [0.2, 0.25) is 5.91 Å². The summed E-state index contributed by atoms with van der Waals surface area (Å²) in [7, 11) is 0. The Labute approximate surface area is 106 Å². The van der Waals surface area contributed by atoms with Gasteiger partial charge in [0.1, 0.15) is 6.54 Å². The SMILES string of the molecule is C=CCNC(=O)CN1C(=C)c2ccccc2C1=O. The van der Waals surface area contributed by atoms with Crippen molar-refractivity contribution in [1.82, 2.24) is 10.2 Å². The summed E-state index contributed by atoms with van der Waals surface area (Å²) in [6.45, 7) is 7.76. The predicted octanol–water partition coefficient (Wildman–Crippen LogP) is 1.42. The Hall–Kier alpha value is -2.36. The Balaban J connectivity index is 2.14. The van der Waals surface area contributed by atoms with E-state index in [0.717, 1.165) is 5.56 Å². The highest BCUT2D eigenvalue weighted by molar-refractivity contribution is 6.10. The molecule has 1 heterocycles. The molecule has 0 saturated carbocycles. The molecule has 0 fully saturated rings. The first-order valence-electron chi connectivity index (χ1n) is 5.63. The summed E-state index contributed by atoms with van der Waals surface area (Å²) in [6, 6.07) is 7.21. The number of hydrogen-bond donors (Lipinski definition) is 1. The quantitative estimate of drug-likeness (QED) is 0.812. The molecule has 0 saturated heterocycles. The highest BCUT2D eigenvalue weighted by atomic mass is 16.2. The van der Waals surface area contributed by atoms with Crippen molar-refractivity contribution in [3.05, 3.63) is 54.6 Å². The van der Waals surface area contributed by atoms with Crippen molar-refractivity contribution in [1.29, 1.82) is 0 Å². The minimum Gasteiger partial charge on any atom is -0.351 e. The lowest BCUT2D eigenvalue weighted by atomic mass is 10.1. The van der Waals surface area contributed by atoms with Crippen molar-refractivity contribution in [3.63, 3.8) is 0 Å². The monoisotopic (exact) mass is 242 g/mol. The van der Waals surface area contributed by atoms with E-state index in [1.165, 1.54) is 4.90 Å². The number of amides is 2. The maximum absolute atomic E-state index is 12.1. The zero-order valence-corrected chi connectivity index (χ0v) is 9.98. The van der Waals surface area contributed by atoms with E-state index in [1.54, 1.807) is 18.2 Å². The van der Waals surface area contributed by atoms with Crippen molar-refractivity contribution in [3.8, 4) is 0 Å². The zero-order valence-electron chi connectivity index (χ0n) is 9.98. The van der Waals surface area contributed by atoms with E-state index >= 15 is 0 Å². The Morgan fingerprint density at radius 3 is 2.61 bits per heavy atom.